The van der Waals surface area contributed by atoms with Gasteiger partial charge in [0.2, 0.25) is 10.0 Å². The second-order valence-corrected chi connectivity index (χ2v) is 9.56. The van der Waals surface area contributed by atoms with Crippen molar-refractivity contribution in [2.24, 2.45) is 0 Å². The number of aromatic nitrogens is 2. The highest BCUT2D eigenvalue weighted by atomic mass is 32.2. The minimum Gasteiger partial charge on any atom is -0.332 e. The highest BCUT2D eigenvalue weighted by Crippen LogP contribution is 2.33. The smallest absolute Gasteiger partial charge is 0.240 e. The van der Waals surface area contributed by atoms with Crippen LogP contribution in [0.3, 0.4) is 0 Å². The number of benzene rings is 1. The lowest BCUT2D eigenvalue weighted by Gasteiger charge is -2.07. The quantitative estimate of drug-likeness (QED) is 0.608. The van der Waals surface area contributed by atoms with E-state index in [-0.39, 0.29) is 4.90 Å². The van der Waals surface area contributed by atoms with Gasteiger partial charge in [-0.25, -0.2) is 23.1 Å². The summed E-state index contributed by atoms with van der Waals surface area (Å²) in [5.41, 5.74) is 2.68. The number of rotatable bonds is 7. The minimum absolute atomic E-state index is 0.257. The summed E-state index contributed by atoms with van der Waals surface area (Å²) >= 11 is 3.13. The minimum atomic E-state index is -3.44. The van der Waals surface area contributed by atoms with Gasteiger partial charge in [0.05, 0.1) is 26.2 Å². The zero-order valence-corrected chi connectivity index (χ0v) is 17.2. The normalized spacial score (nSPS) is 11.7. The van der Waals surface area contributed by atoms with Crippen LogP contribution in [0.5, 0.6) is 0 Å². The number of hydrogen-bond acceptors (Lipinski definition) is 7. The Morgan fingerprint density at radius 3 is 2.46 bits per heavy atom. The average Bonchev–Trinajstić information content (AvgIpc) is 3.19. The van der Waals surface area contributed by atoms with Crippen LogP contribution in [0.15, 0.2) is 34.5 Å². The average molecular weight is 409 g/mol. The van der Waals surface area contributed by atoms with E-state index in [9.17, 15) is 8.42 Å². The monoisotopic (exact) mass is 408 g/mol. The van der Waals surface area contributed by atoms with Crippen molar-refractivity contribution >= 4 is 43.5 Å². The molecule has 3 aromatic rings. The first-order chi connectivity index (χ1) is 12.4. The van der Waals surface area contributed by atoms with Gasteiger partial charge in [0.1, 0.15) is 0 Å². The van der Waals surface area contributed by atoms with Gasteiger partial charge in [0.15, 0.2) is 5.13 Å². The maximum atomic E-state index is 12.1. The third kappa shape index (κ3) is 4.29. The number of hydrogen-bond donors (Lipinski definition) is 2. The molecule has 9 heteroatoms. The van der Waals surface area contributed by atoms with Gasteiger partial charge in [-0.1, -0.05) is 6.92 Å². The predicted octanol–water partition coefficient (Wildman–Crippen LogP) is 4.32. The van der Waals surface area contributed by atoms with Crippen molar-refractivity contribution in [1.29, 1.82) is 0 Å². The summed E-state index contributed by atoms with van der Waals surface area (Å²) in [6.07, 6.45) is 0.754. The molecule has 2 N–H and O–H groups in total. The second-order valence-electron chi connectivity index (χ2n) is 5.73. The molecule has 3 rings (SSSR count). The van der Waals surface area contributed by atoms with E-state index >= 15 is 0 Å². The molecule has 0 aliphatic rings. The van der Waals surface area contributed by atoms with Crippen LogP contribution in [-0.4, -0.2) is 24.9 Å². The molecule has 0 bridgehead atoms. The first-order valence-corrected chi connectivity index (χ1v) is 11.3. The lowest BCUT2D eigenvalue weighted by Crippen LogP contribution is -2.24. The van der Waals surface area contributed by atoms with Gasteiger partial charge >= 0.3 is 0 Å². The van der Waals surface area contributed by atoms with Gasteiger partial charge in [-0.05, 0) is 44.5 Å². The van der Waals surface area contributed by atoms with Gasteiger partial charge < -0.3 is 5.32 Å². The highest BCUT2D eigenvalue weighted by molar-refractivity contribution is 7.89. The first kappa shape index (κ1) is 19.0. The lowest BCUT2D eigenvalue weighted by atomic mass is 10.3. The summed E-state index contributed by atoms with van der Waals surface area (Å²) in [5, 5.41) is 6.99. The van der Waals surface area contributed by atoms with E-state index in [0.29, 0.717) is 6.54 Å². The third-order valence-electron chi connectivity index (χ3n) is 3.60. The van der Waals surface area contributed by atoms with E-state index in [2.05, 4.69) is 20.0 Å². The molecule has 0 radical (unpaired) electrons. The molecule has 0 atom stereocenters. The van der Waals surface area contributed by atoms with Crippen LogP contribution < -0.4 is 10.0 Å². The van der Waals surface area contributed by atoms with E-state index in [4.69, 9.17) is 0 Å². The van der Waals surface area contributed by atoms with Crippen LogP contribution in [0.4, 0.5) is 10.8 Å². The molecule has 138 valence electrons. The molecule has 0 aliphatic heterocycles. The van der Waals surface area contributed by atoms with Crippen molar-refractivity contribution in [2.75, 3.05) is 11.9 Å². The van der Waals surface area contributed by atoms with E-state index in [1.807, 2.05) is 26.2 Å². The summed E-state index contributed by atoms with van der Waals surface area (Å²) in [6.45, 7) is 6.32. The molecular formula is C17H20N4O2S3. The lowest BCUT2D eigenvalue weighted by molar-refractivity contribution is 0.581. The van der Waals surface area contributed by atoms with Crippen molar-refractivity contribution < 1.29 is 8.42 Å². The number of aryl methyl sites for hydroxylation is 2. The van der Waals surface area contributed by atoms with Gasteiger partial charge in [-0.3, -0.25) is 0 Å². The molecule has 0 fully saturated rings. The van der Waals surface area contributed by atoms with Gasteiger partial charge in [-0.2, -0.15) is 0 Å². The Balaban J connectivity index is 1.73. The topological polar surface area (TPSA) is 84.0 Å². The molecule has 26 heavy (non-hydrogen) atoms. The Morgan fingerprint density at radius 2 is 1.85 bits per heavy atom. The van der Waals surface area contributed by atoms with Crippen molar-refractivity contribution in [3.8, 4) is 10.6 Å². The molecule has 0 unspecified atom stereocenters. The Labute approximate surface area is 161 Å². The molecular weight excluding hydrogens is 388 g/mol. The Morgan fingerprint density at radius 1 is 1.12 bits per heavy atom. The van der Waals surface area contributed by atoms with Crippen LogP contribution in [0, 0.1) is 13.8 Å². The van der Waals surface area contributed by atoms with Gasteiger partial charge in [-0.15, -0.1) is 22.7 Å². The number of nitrogens with zero attached hydrogens (tertiary/aromatic N) is 2. The molecule has 0 aliphatic carbocycles. The molecule has 2 aromatic heterocycles. The first-order valence-electron chi connectivity index (χ1n) is 8.15. The summed E-state index contributed by atoms with van der Waals surface area (Å²) in [7, 11) is -3.44. The van der Waals surface area contributed by atoms with Crippen LogP contribution in [0.2, 0.25) is 0 Å². The van der Waals surface area contributed by atoms with Crippen LogP contribution >= 0.6 is 22.7 Å². The zero-order valence-electron chi connectivity index (χ0n) is 14.7. The number of anilines is 2. The Bertz CT molecular complexity index is 991. The summed E-state index contributed by atoms with van der Waals surface area (Å²) < 4.78 is 26.8. The largest absolute Gasteiger partial charge is 0.332 e. The van der Waals surface area contributed by atoms with E-state index in [0.717, 1.165) is 38.5 Å². The summed E-state index contributed by atoms with van der Waals surface area (Å²) in [5.74, 6) is 0. The fourth-order valence-corrected chi connectivity index (χ4v) is 5.18. The van der Waals surface area contributed by atoms with Crippen molar-refractivity contribution in [1.82, 2.24) is 14.7 Å². The fourth-order valence-electron chi connectivity index (χ4n) is 2.37. The fraction of sp³-hybridized carbons (Fsp3) is 0.294. The number of sulfonamides is 1. The predicted molar refractivity (Wildman–Crippen MR) is 108 cm³/mol. The molecule has 0 amide bonds. The second kappa shape index (κ2) is 7.83. The van der Waals surface area contributed by atoms with Gasteiger partial charge in [0.25, 0.3) is 0 Å². The van der Waals surface area contributed by atoms with E-state index < -0.39 is 10.0 Å². The number of nitrogens with one attached hydrogen (secondary N) is 2. The Hall–Kier alpha value is -1.81. The zero-order chi connectivity index (χ0) is 18.7. The molecule has 0 spiro atoms. The van der Waals surface area contributed by atoms with E-state index in [1.54, 1.807) is 35.6 Å². The third-order valence-corrected chi connectivity index (χ3v) is 6.93. The molecule has 0 saturated carbocycles. The molecule has 6 nitrogen and oxygen atoms in total. The summed E-state index contributed by atoms with van der Waals surface area (Å²) in [6, 6.07) is 6.66. The van der Waals surface area contributed by atoms with Crippen LogP contribution in [0.1, 0.15) is 24.0 Å². The number of thiazole rings is 2. The maximum Gasteiger partial charge on any atom is 0.240 e. The van der Waals surface area contributed by atoms with Gasteiger partial charge in [0, 0.05) is 17.6 Å². The van der Waals surface area contributed by atoms with Crippen molar-refractivity contribution in [2.45, 2.75) is 32.1 Å². The highest BCUT2D eigenvalue weighted by Gasteiger charge is 2.14. The van der Waals surface area contributed by atoms with E-state index in [1.165, 1.54) is 11.3 Å². The summed E-state index contributed by atoms with van der Waals surface area (Å²) in [4.78, 5) is 10.4. The van der Waals surface area contributed by atoms with Crippen molar-refractivity contribution in [3.63, 3.8) is 0 Å². The molecule has 1 aromatic carbocycles. The Kier molecular flexibility index (Phi) is 5.71. The standard InChI is InChI=1S/C17H20N4O2S3/c1-4-9-18-26(22,23)14-7-5-13(6-8-14)20-17-21-15(10-24-17)16-11(2)19-12(3)25-16/h5-8,10,18H,4,9H2,1-3H3,(H,20,21). The molecule has 2 heterocycles. The molecule has 0 saturated heterocycles. The van der Waals surface area contributed by atoms with Crippen LogP contribution in [0.25, 0.3) is 10.6 Å². The van der Waals surface area contributed by atoms with Crippen molar-refractivity contribution in [3.05, 3.63) is 40.3 Å². The maximum absolute atomic E-state index is 12.1. The SMILES string of the molecule is CCCNS(=O)(=O)c1ccc(Nc2nc(-c3sc(C)nc3C)cs2)cc1. The van der Waals surface area contributed by atoms with Crippen LogP contribution in [-0.2, 0) is 10.0 Å².